The van der Waals surface area contributed by atoms with Crippen LogP contribution < -0.4 is 10.6 Å². The fourth-order valence-electron chi connectivity index (χ4n) is 1.86. The fourth-order valence-corrected chi connectivity index (χ4v) is 2.72. The van der Waals surface area contributed by atoms with Crippen LogP contribution in [0.15, 0.2) is 52.6 Å². The number of hydrogen-bond acceptors (Lipinski definition) is 6. The molecule has 2 heterocycles. The minimum atomic E-state index is -0.258. The van der Waals surface area contributed by atoms with Crippen molar-refractivity contribution in [3.8, 4) is 0 Å². The Morgan fingerprint density at radius 2 is 2.09 bits per heavy atom. The van der Waals surface area contributed by atoms with E-state index in [0.29, 0.717) is 23.1 Å². The summed E-state index contributed by atoms with van der Waals surface area (Å²) in [5, 5.41) is 13.8. The summed E-state index contributed by atoms with van der Waals surface area (Å²) in [6, 6.07) is 11.5. The standard InChI is InChI=1S/C15H12BrN5OS/c16-12-4-2-1-3-10(12)7-17-13-6-5-11(8-18-13)14(22)20-15-21-19-9-23-15/h1-6,8-9H,7H2,(H,17,18)(H,20,21,22). The molecule has 0 saturated heterocycles. The van der Waals surface area contributed by atoms with E-state index in [-0.39, 0.29) is 5.91 Å². The smallest absolute Gasteiger partial charge is 0.259 e. The van der Waals surface area contributed by atoms with Crippen molar-refractivity contribution in [2.75, 3.05) is 10.6 Å². The number of aromatic nitrogens is 3. The van der Waals surface area contributed by atoms with Crippen LogP contribution in [0.3, 0.4) is 0 Å². The second-order valence-electron chi connectivity index (χ2n) is 4.58. The summed E-state index contributed by atoms with van der Waals surface area (Å²) in [5.74, 6) is 0.444. The topological polar surface area (TPSA) is 79.8 Å². The molecule has 0 saturated carbocycles. The maximum Gasteiger partial charge on any atom is 0.259 e. The van der Waals surface area contributed by atoms with Crippen molar-refractivity contribution in [1.29, 1.82) is 0 Å². The molecule has 0 aliphatic rings. The molecule has 3 aromatic rings. The maximum atomic E-state index is 12.0. The van der Waals surface area contributed by atoms with E-state index in [1.807, 2.05) is 24.3 Å². The first-order chi connectivity index (χ1) is 11.2. The van der Waals surface area contributed by atoms with Crippen LogP contribution in [0, 0.1) is 0 Å². The van der Waals surface area contributed by atoms with Crippen molar-refractivity contribution in [2.24, 2.45) is 0 Å². The van der Waals surface area contributed by atoms with Gasteiger partial charge >= 0.3 is 0 Å². The molecule has 0 bridgehead atoms. The van der Waals surface area contributed by atoms with Gasteiger partial charge in [0.05, 0.1) is 5.56 Å². The SMILES string of the molecule is O=C(Nc1nncs1)c1ccc(NCc2ccccc2Br)nc1. The van der Waals surface area contributed by atoms with Gasteiger partial charge < -0.3 is 5.32 Å². The summed E-state index contributed by atoms with van der Waals surface area (Å²) < 4.78 is 1.04. The predicted octanol–water partition coefficient (Wildman–Crippen LogP) is 3.56. The Kier molecular flexibility index (Phi) is 4.94. The molecule has 0 spiro atoms. The third kappa shape index (κ3) is 4.11. The second-order valence-corrected chi connectivity index (χ2v) is 6.26. The molecule has 0 aliphatic carbocycles. The van der Waals surface area contributed by atoms with Crippen LogP contribution >= 0.6 is 27.3 Å². The minimum Gasteiger partial charge on any atom is -0.366 e. The lowest BCUT2D eigenvalue weighted by molar-refractivity contribution is 0.102. The summed E-state index contributed by atoms with van der Waals surface area (Å²) in [4.78, 5) is 16.3. The highest BCUT2D eigenvalue weighted by Crippen LogP contribution is 2.17. The molecule has 1 aromatic carbocycles. The predicted molar refractivity (Wildman–Crippen MR) is 93.6 cm³/mol. The van der Waals surface area contributed by atoms with Crippen molar-refractivity contribution in [3.63, 3.8) is 0 Å². The molecular formula is C15H12BrN5OS. The highest BCUT2D eigenvalue weighted by atomic mass is 79.9. The maximum absolute atomic E-state index is 12.0. The Morgan fingerprint density at radius 3 is 2.78 bits per heavy atom. The molecule has 2 aromatic heterocycles. The summed E-state index contributed by atoms with van der Waals surface area (Å²) in [6.45, 7) is 0.644. The summed E-state index contributed by atoms with van der Waals surface area (Å²) >= 11 is 4.77. The van der Waals surface area contributed by atoms with Gasteiger partial charge in [0.15, 0.2) is 0 Å². The molecule has 0 radical (unpaired) electrons. The molecule has 3 rings (SSSR count). The number of anilines is 2. The van der Waals surface area contributed by atoms with E-state index in [0.717, 1.165) is 10.0 Å². The normalized spacial score (nSPS) is 10.3. The van der Waals surface area contributed by atoms with Crippen LogP contribution in [-0.2, 0) is 6.54 Å². The lowest BCUT2D eigenvalue weighted by Crippen LogP contribution is -2.12. The Balaban J connectivity index is 1.61. The Labute approximate surface area is 145 Å². The minimum absolute atomic E-state index is 0.258. The molecule has 1 amide bonds. The molecular weight excluding hydrogens is 378 g/mol. The van der Waals surface area contributed by atoms with Gasteiger partial charge in [0.1, 0.15) is 11.3 Å². The average Bonchev–Trinajstić information content (AvgIpc) is 3.07. The quantitative estimate of drug-likeness (QED) is 0.697. The number of rotatable bonds is 5. The number of benzene rings is 1. The average molecular weight is 390 g/mol. The second kappa shape index (κ2) is 7.30. The molecule has 0 aliphatic heterocycles. The van der Waals surface area contributed by atoms with E-state index in [2.05, 4.69) is 41.7 Å². The van der Waals surface area contributed by atoms with Gasteiger partial charge in [-0.25, -0.2) is 4.98 Å². The van der Waals surface area contributed by atoms with Crippen LogP contribution in [0.2, 0.25) is 0 Å². The first kappa shape index (κ1) is 15.6. The molecule has 23 heavy (non-hydrogen) atoms. The monoisotopic (exact) mass is 389 g/mol. The van der Waals surface area contributed by atoms with E-state index < -0.39 is 0 Å². The molecule has 8 heteroatoms. The number of amides is 1. The Hall–Kier alpha value is -2.32. The summed E-state index contributed by atoms with van der Waals surface area (Å²) in [7, 11) is 0. The zero-order valence-corrected chi connectivity index (χ0v) is 14.3. The van der Waals surface area contributed by atoms with E-state index >= 15 is 0 Å². The van der Waals surface area contributed by atoms with Crippen LogP contribution in [0.4, 0.5) is 10.9 Å². The van der Waals surface area contributed by atoms with Gasteiger partial charge in [-0.1, -0.05) is 45.5 Å². The molecule has 6 nitrogen and oxygen atoms in total. The number of nitrogens with zero attached hydrogens (tertiary/aromatic N) is 3. The van der Waals surface area contributed by atoms with Crippen molar-refractivity contribution < 1.29 is 4.79 Å². The van der Waals surface area contributed by atoms with Gasteiger partial charge in [-0.3, -0.25) is 10.1 Å². The summed E-state index contributed by atoms with van der Waals surface area (Å²) in [6.07, 6.45) is 1.53. The van der Waals surface area contributed by atoms with E-state index in [1.165, 1.54) is 17.5 Å². The van der Waals surface area contributed by atoms with Gasteiger partial charge in [-0.2, -0.15) is 0 Å². The van der Waals surface area contributed by atoms with Crippen LogP contribution in [0.5, 0.6) is 0 Å². The molecule has 0 fully saturated rings. The van der Waals surface area contributed by atoms with Gasteiger partial charge in [0.2, 0.25) is 5.13 Å². The fraction of sp³-hybridized carbons (Fsp3) is 0.0667. The zero-order valence-electron chi connectivity index (χ0n) is 11.9. The van der Waals surface area contributed by atoms with Gasteiger partial charge in [0, 0.05) is 17.2 Å². The van der Waals surface area contributed by atoms with Crippen LogP contribution in [0.1, 0.15) is 15.9 Å². The lowest BCUT2D eigenvalue weighted by atomic mass is 10.2. The van der Waals surface area contributed by atoms with E-state index in [1.54, 1.807) is 17.6 Å². The highest BCUT2D eigenvalue weighted by Gasteiger charge is 2.08. The number of nitrogens with one attached hydrogen (secondary N) is 2. The number of hydrogen-bond donors (Lipinski definition) is 2. The third-order valence-corrected chi connectivity index (χ3v) is 4.40. The number of halogens is 1. The molecule has 116 valence electrons. The number of carbonyl (C=O) groups excluding carboxylic acids is 1. The van der Waals surface area contributed by atoms with Gasteiger partial charge in [0.25, 0.3) is 5.91 Å². The number of carbonyl (C=O) groups is 1. The van der Waals surface area contributed by atoms with Crippen molar-refractivity contribution >= 4 is 44.1 Å². The van der Waals surface area contributed by atoms with Crippen molar-refractivity contribution in [1.82, 2.24) is 15.2 Å². The third-order valence-electron chi connectivity index (χ3n) is 3.02. The zero-order chi connectivity index (χ0) is 16.1. The highest BCUT2D eigenvalue weighted by molar-refractivity contribution is 9.10. The first-order valence-corrected chi connectivity index (χ1v) is 8.40. The van der Waals surface area contributed by atoms with Gasteiger partial charge in [-0.05, 0) is 23.8 Å². The first-order valence-electron chi connectivity index (χ1n) is 6.73. The van der Waals surface area contributed by atoms with Crippen LogP contribution in [0.25, 0.3) is 0 Å². The van der Waals surface area contributed by atoms with Gasteiger partial charge in [-0.15, -0.1) is 10.2 Å². The summed E-state index contributed by atoms with van der Waals surface area (Å²) in [5.41, 5.74) is 3.15. The Bertz CT molecular complexity index is 792. The van der Waals surface area contributed by atoms with Crippen molar-refractivity contribution in [2.45, 2.75) is 6.54 Å². The lowest BCUT2D eigenvalue weighted by Gasteiger charge is -2.08. The Morgan fingerprint density at radius 1 is 1.22 bits per heavy atom. The molecule has 2 N–H and O–H groups in total. The largest absolute Gasteiger partial charge is 0.366 e. The van der Waals surface area contributed by atoms with E-state index in [9.17, 15) is 4.79 Å². The van der Waals surface area contributed by atoms with Crippen LogP contribution in [-0.4, -0.2) is 21.1 Å². The van der Waals surface area contributed by atoms with E-state index in [4.69, 9.17) is 0 Å². The van der Waals surface area contributed by atoms with Crippen molar-refractivity contribution in [3.05, 3.63) is 63.7 Å². The number of pyridine rings is 1. The molecule has 0 unspecified atom stereocenters. The molecule has 0 atom stereocenters.